The van der Waals surface area contributed by atoms with E-state index >= 15 is 0 Å². The van der Waals surface area contributed by atoms with Crippen LogP contribution < -0.4 is 5.32 Å². The van der Waals surface area contributed by atoms with Crippen molar-refractivity contribution in [1.29, 1.82) is 0 Å². The fourth-order valence-corrected chi connectivity index (χ4v) is 4.23. The summed E-state index contributed by atoms with van der Waals surface area (Å²) in [7, 11) is 0. The van der Waals surface area contributed by atoms with Crippen molar-refractivity contribution >= 4 is 23.4 Å². The second-order valence-corrected chi connectivity index (χ2v) is 7.88. The molecule has 0 aromatic carbocycles. The minimum atomic E-state index is -0.149. The third-order valence-corrected chi connectivity index (χ3v) is 5.82. The first-order valence-electron chi connectivity index (χ1n) is 9.26. The maximum atomic E-state index is 12.8. The maximum Gasteiger partial charge on any atom is 0.289 e. The molecule has 3 aliphatic rings. The predicted octanol–water partition coefficient (Wildman–Crippen LogP) is 1.48. The van der Waals surface area contributed by atoms with Crippen LogP contribution >= 0.6 is 11.6 Å². The molecular formula is C18H19ClN6O2. The van der Waals surface area contributed by atoms with E-state index in [0.717, 1.165) is 25.1 Å². The summed E-state index contributed by atoms with van der Waals surface area (Å²) in [5.41, 5.74) is 0.354. The Morgan fingerprint density at radius 2 is 2.00 bits per heavy atom. The molecule has 140 valence electrons. The largest absolute Gasteiger partial charge is 0.347 e. The topological polar surface area (TPSA) is 93.0 Å². The molecule has 1 saturated heterocycles. The van der Waals surface area contributed by atoms with E-state index in [4.69, 9.17) is 11.6 Å². The van der Waals surface area contributed by atoms with Crippen LogP contribution in [0.15, 0.2) is 18.2 Å². The first-order chi connectivity index (χ1) is 13.1. The Balaban J connectivity index is 1.36. The van der Waals surface area contributed by atoms with Gasteiger partial charge in [-0.3, -0.25) is 9.59 Å². The fraction of sp³-hybridized carbons (Fsp3) is 0.500. The number of hydrogen-bond acceptors (Lipinski definition) is 5. The molecule has 2 aromatic rings. The van der Waals surface area contributed by atoms with E-state index in [9.17, 15) is 9.59 Å². The van der Waals surface area contributed by atoms with Crippen molar-refractivity contribution in [2.75, 3.05) is 13.1 Å². The molecule has 9 heteroatoms. The highest BCUT2D eigenvalue weighted by Crippen LogP contribution is 2.38. The highest BCUT2D eigenvalue weighted by molar-refractivity contribution is 6.29. The summed E-state index contributed by atoms with van der Waals surface area (Å²) >= 11 is 5.92. The van der Waals surface area contributed by atoms with Crippen molar-refractivity contribution in [1.82, 2.24) is 30.0 Å². The van der Waals surface area contributed by atoms with Crippen molar-refractivity contribution in [3.63, 3.8) is 0 Å². The Bertz CT molecular complexity index is 924. The summed E-state index contributed by atoms with van der Waals surface area (Å²) < 4.78 is 1.92. The van der Waals surface area contributed by atoms with Gasteiger partial charge in [-0.1, -0.05) is 17.7 Å². The van der Waals surface area contributed by atoms with Crippen molar-refractivity contribution in [3.8, 4) is 0 Å². The highest BCUT2D eigenvalue weighted by atomic mass is 35.5. The van der Waals surface area contributed by atoms with Gasteiger partial charge >= 0.3 is 0 Å². The molecule has 2 fully saturated rings. The van der Waals surface area contributed by atoms with E-state index in [0.29, 0.717) is 42.2 Å². The van der Waals surface area contributed by atoms with Crippen LogP contribution in [-0.4, -0.2) is 55.6 Å². The molecule has 2 aliphatic heterocycles. The van der Waals surface area contributed by atoms with E-state index in [2.05, 4.69) is 20.5 Å². The summed E-state index contributed by atoms with van der Waals surface area (Å²) in [4.78, 5) is 31.1. The Morgan fingerprint density at radius 1 is 1.15 bits per heavy atom. The number of pyridine rings is 1. The van der Waals surface area contributed by atoms with Gasteiger partial charge in [0.15, 0.2) is 0 Å². The first-order valence-corrected chi connectivity index (χ1v) is 9.64. The standard InChI is InChI=1S/C18H19ClN6O2/c19-14-3-1-2-13(21-14)18(27)24-8-10-6-7-25-15(12(10)9-24)22-23-16(25)17(26)20-11-4-5-11/h1-3,10-12H,4-9H2,(H,20,26)/t10-,12-/m1/s1. The molecule has 2 amide bonds. The van der Waals surface area contributed by atoms with Gasteiger partial charge in [0.25, 0.3) is 11.8 Å². The Labute approximate surface area is 160 Å². The normalized spacial score (nSPS) is 23.7. The summed E-state index contributed by atoms with van der Waals surface area (Å²) in [6.07, 6.45) is 2.96. The fourth-order valence-electron chi connectivity index (χ4n) is 4.06. The zero-order chi connectivity index (χ0) is 18.5. The van der Waals surface area contributed by atoms with Crippen LogP contribution in [0.4, 0.5) is 0 Å². The Morgan fingerprint density at radius 3 is 2.78 bits per heavy atom. The molecular weight excluding hydrogens is 368 g/mol. The lowest BCUT2D eigenvalue weighted by molar-refractivity contribution is 0.0779. The van der Waals surface area contributed by atoms with Crippen LogP contribution in [-0.2, 0) is 6.54 Å². The van der Waals surface area contributed by atoms with E-state index in [1.165, 1.54) is 0 Å². The molecule has 0 unspecified atom stereocenters. The van der Waals surface area contributed by atoms with Gasteiger partial charge < -0.3 is 14.8 Å². The first kappa shape index (κ1) is 16.7. The molecule has 4 heterocycles. The SMILES string of the molecule is O=C(NC1CC1)c1nnc2n1CC[C@@H]1CN(C(=O)c3cccc(Cl)n3)C[C@@H]21. The van der Waals surface area contributed by atoms with Crippen LogP contribution in [0.5, 0.6) is 0 Å². The zero-order valence-electron chi connectivity index (χ0n) is 14.6. The lowest BCUT2D eigenvalue weighted by Gasteiger charge is -2.24. The molecule has 2 aromatic heterocycles. The van der Waals surface area contributed by atoms with Gasteiger partial charge in [0.1, 0.15) is 16.7 Å². The van der Waals surface area contributed by atoms with Gasteiger partial charge in [0, 0.05) is 31.6 Å². The number of nitrogens with zero attached hydrogens (tertiary/aromatic N) is 5. The number of carbonyl (C=O) groups excluding carboxylic acids is 2. The molecule has 2 atom stereocenters. The number of carbonyl (C=O) groups is 2. The monoisotopic (exact) mass is 386 g/mol. The van der Waals surface area contributed by atoms with Crippen LogP contribution in [0.3, 0.4) is 0 Å². The predicted molar refractivity (Wildman–Crippen MR) is 96.5 cm³/mol. The average molecular weight is 387 g/mol. The lowest BCUT2D eigenvalue weighted by atomic mass is 9.89. The number of hydrogen-bond donors (Lipinski definition) is 1. The van der Waals surface area contributed by atoms with Gasteiger partial charge in [-0.25, -0.2) is 4.98 Å². The molecule has 5 rings (SSSR count). The number of nitrogens with one attached hydrogen (secondary N) is 1. The van der Waals surface area contributed by atoms with Crippen LogP contribution in [0.25, 0.3) is 0 Å². The van der Waals surface area contributed by atoms with Gasteiger partial charge in [-0.15, -0.1) is 10.2 Å². The second-order valence-electron chi connectivity index (χ2n) is 7.49. The highest BCUT2D eigenvalue weighted by Gasteiger charge is 2.43. The molecule has 0 bridgehead atoms. The average Bonchev–Trinajstić information content (AvgIpc) is 3.20. The van der Waals surface area contributed by atoms with Gasteiger partial charge in [0.2, 0.25) is 5.82 Å². The number of rotatable bonds is 3. The minimum absolute atomic E-state index is 0.0943. The summed E-state index contributed by atoms with van der Waals surface area (Å²) in [6, 6.07) is 5.34. The molecule has 1 saturated carbocycles. The molecule has 0 spiro atoms. The molecule has 1 N–H and O–H groups in total. The maximum absolute atomic E-state index is 12.8. The van der Waals surface area contributed by atoms with Crippen molar-refractivity contribution < 1.29 is 9.59 Å². The van der Waals surface area contributed by atoms with E-state index in [-0.39, 0.29) is 23.8 Å². The Hall–Kier alpha value is -2.48. The third-order valence-electron chi connectivity index (χ3n) is 5.61. The zero-order valence-corrected chi connectivity index (χ0v) is 15.4. The molecule has 27 heavy (non-hydrogen) atoms. The van der Waals surface area contributed by atoms with Crippen LogP contribution in [0.1, 0.15) is 52.1 Å². The quantitative estimate of drug-likeness (QED) is 0.806. The van der Waals surface area contributed by atoms with Crippen molar-refractivity contribution in [2.45, 2.75) is 37.8 Å². The number of halogens is 1. The van der Waals surface area contributed by atoms with Crippen molar-refractivity contribution in [2.24, 2.45) is 5.92 Å². The molecule has 8 nitrogen and oxygen atoms in total. The van der Waals surface area contributed by atoms with Crippen molar-refractivity contribution in [3.05, 3.63) is 40.7 Å². The van der Waals surface area contributed by atoms with Crippen LogP contribution in [0.2, 0.25) is 5.15 Å². The summed E-state index contributed by atoms with van der Waals surface area (Å²) in [5.74, 6) is 1.34. The summed E-state index contributed by atoms with van der Waals surface area (Å²) in [5, 5.41) is 11.7. The van der Waals surface area contributed by atoms with Gasteiger partial charge in [-0.05, 0) is 37.3 Å². The number of fused-ring (bicyclic) bond motifs is 3. The summed E-state index contributed by atoms with van der Waals surface area (Å²) in [6.45, 7) is 1.92. The van der Waals surface area contributed by atoms with Gasteiger partial charge in [-0.2, -0.15) is 0 Å². The number of likely N-dealkylation sites (tertiary alicyclic amines) is 1. The van der Waals surface area contributed by atoms with E-state index in [1.807, 2.05) is 9.47 Å². The third kappa shape index (κ3) is 2.97. The number of aromatic nitrogens is 4. The van der Waals surface area contributed by atoms with E-state index in [1.54, 1.807) is 18.2 Å². The molecule has 1 aliphatic carbocycles. The minimum Gasteiger partial charge on any atom is -0.347 e. The van der Waals surface area contributed by atoms with Crippen LogP contribution in [0, 0.1) is 5.92 Å². The number of amides is 2. The Kier molecular flexibility index (Phi) is 3.89. The van der Waals surface area contributed by atoms with Gasteiger partial charge in [0.05, 0.1) is 0 Å². The second kappa shape index (κ2) is 6.30. The smallest absolute Gasteiger partial charge is 0.289 e. The molecule has 0 radical (unpaired) electrons. The lowest BCUT2D eigenvalue weighted by Crippen LogP contribution is -2.31. The van der Waals surface area contributed by atoms with E-state index < -0.39 is 0 Å².